The molecule has 6 saturated heterocycles. The van der Waals surface area contributed by atoms with Gasteiger partial charge in [-0.05, 0) is 0 Å². The summed E-state index contributed by atoms with van der Waals surface area (Å²) in [6, 6.07) is 0. The van der Waals surface area contributed by atoms with Gasteiger partial charge >= 0.3 is 238 Å². The third kappa shape index (κ3) is 6.13. The van der Waals surface area contributed by atoms with Gasteiger partial charge in [-0.1, -0.05) is 0 Å². The van der Waals surface area contributed by atoms with Crippen LogP contribution in [0.2, 0.25) is 0 Å². The summed E-state index contributed by atoms with van der Waals surface area (Å²) in [4.78, 5) is 52.8. The Morgan fingerprint density at radius 3 is 1.97 bits per heavy atom. The van der Waals surface area contributed by atoms with E-state index in [9.17, 15) is 0 Å². The number of quaternary nitrogens is 6. The van der Waals surface area contributed by atoms with Gasteiger partial charge in [0.05, 0.1) is 0 Å². The molecule has 6 bridgehead atoms. The summed E-state index contributed by atoms with van der Waals surface area (Å²) in [5, 5.41) is -12.3. The summed E-state index contributed by atoms with van der Waals surface area (Å²) in [7, 11) is 0. The van der Waals surface area contributed by atoms with Gasteiger partial charge in [0.15, 0.2) is 0 Å². The Balaban J connectivity index is 1.53. The van der Waals surface area contributed by atoms with Crippen LogP contribution in [-0.4, -0.2) is 45.1 Å². The topological polar surface area (TPSA) is 321 Å². The number of alkyl halides is 2. The second kappa shape index (κ2) is 9.48. The average molecular weight is 1110 g/mol. The van der Waals surface area contributed by atoms with Crippen LogP contribution in [0.1, 0.15) is 0 Å². The second-order valence-corrected chi connectivity index (χ2v) is 39.4. The van der Waals surface area contributed by atoms with Gasteiger partial charge < -0.3 is 0 Å². The van der Waals surface area contributed by atoms with Crippen LogP contribution in [0.5, 0.6) is 0 Å². The van der Waals surface area contributed by atoms with E-state index in [1.165, 1.54) is 24.5 Å². The van der Waals surface area contributed by atoms with Gasteiger partial charge in [-0.15, -0.1) is 0 Å². The third-order valence-electron chi connectivity index (χ3n) is 3.11. The van der Waals surface area contributed by atoms with Crippen LogP contribution in [0, 0.1) is 0 Å². The molecule has 14 N–H and O–H groups in total. The van der Waals surface area contributed by atoms with E-state index in [1.807, 2.05) is 0 Å². The molecule has 6 heterocycles. The van der Waals surface area contributed by atoms with Crippen molar-refractivity contribution in [3.63, 3.8) is 0 Å². The zero-order chi connectivity index (χ0) is 25.8. The molecule has 6 aliphatic heterocycles. The van der Waals surface area contributed by atoms with Gasteiger partial charge in [0, 0.05) is 0 Å². The number of halogens is 5. The molecule has 0 radical (unpaired) electrons. The Kier molecular flexibility index (Phi) is 7.52. The standard InChI is InChI=1S/CH16I5N16O14/c2-23-16-24-4-1-5(4)25-18(9)32-20(11)29-15(7)28-17(8)26-6-3-14(6)27-19(10,34-20)35-22(13,33-18)36-21(12,30-16)31-17/h1,7-13H2/q+5. The SMILES string of the molecule is NN1O[N+]2(N)OI3[I-]N3O[N+]3(N)O[N+](N)(O1)O[N+]1(N)OI4CI4ON(OI)O[N+](N)(O2)O[N+](N)(O3)O1. The maximum atomic E-state index is 6.10. The second-order valence-electron chi connectivity index (χ2n) is 5.94. The molecule has 0 aromatic heterocycles. The molecule has 6 rings (SSSR count). The van der Waals surface area contributed by atoms with Crippen LogP contribution >= 0.6 is 72.1 Å². The zero-order valence-electron chi connectivity index (χ0n) is 16.4. The molecule has 6 fully saturated rings. The number of hydrogen-bond acceptors (Lipinski definition) is 24. The monoisotopic (exact) mass is 1110 g/mol. The third-order valence-corrected chi connectivity index (χ3v) is 29.7. The van der Waals surface area contributed by atoms with Gasteiger partial charge in [-0.25, -0.2) is 0 Å². The Bertz CT molecular complexity index is 911. The van der Waals surface area contributed by atoms with E-state index in [4.69, 9.17) is 103 Å². The number of hydrogen-bond donors (Lipinski definition) is 7. The molecule has 36 heavy (non-hydrogen) atoms. The van der Waals surface area contributed by atoms with Crippen LogP contribution in [0.4, 0.5) is 0 Å². The summed E-state index contributed by atoms with van der Waals surface area (Å²) in [5.41, 5.74) is 0. The Labute approximate surface area is 235 Å². The summed E-state index contributed by atoms with van der Waals surface area (Å²) in [6.07, 6.45) is 0. The summed E-state index contributed by atoms with van der Waals surface area (Å²) >= 11 is -7.33. The molecule has 0 aromatic carbocycles. The van der Waals surface area contributed by atoms with Gasteiger partial charge in [0.25, 0.3) is 0 Å². The first kappa shape index (κ1) is 28.6. The van der Waals surface area contributed by atoms with Crippen LogP contribution in [0.15, 0.2) is 0 Å². The predicted octanol–water partition coefficient (Wildman–Crippen LogP) is -7.50. The number of nitrogens with zero attached hydrogens (tertiary/aromatic N) is 9. The van der Waals surface area contributed by atoms with Crippen molar-refractivity contribution in [2.45, 2.75) is 0 Å². The van der Waals surface area contributed by atoms with Crippen LogP contribution in [-0.2, 0) is 62.1 Å². The number of nitrogens with two attached hydrogens (primary N) is 7. The summed E-state index contributed by atoms with van der Waals surface area (Å²) < 4.78 is 23.6. The van der Waals surface area contributed by atoms with E-state index in [0.717, 1.165) is 0 Å². The molecule has 0 amide bonds. The molecule has 7 atom stereocenters. The molecule has 6 aliphatic rings. The van der Waals surface area contributed by atoms with Crippen molar-refractivity contribution in [2.75, 3.05) is 2.43 Å². The number of rotatable bonds is 1. The Hall–Kier alpha value is 2.45. The molecule has 35 heteroatoms. The van der Waals surface area contributed by atoms with E-state index in [1.54, 1.807) is 0 Å². The summed E-state index contributed by atoms with van der Waals surface area (Å²) in [5.74, 6) is 42.0. The fourth-order valence-electron chi connectivity index (χ4n) is 2.16. The maximum absolute atomic E-state index is 6.10. The zero-order valence-corrected chi connectivity index (χ0v) is 27.2. The molecular formula is CH16I5N16O14+5. The molecule has 30 nitrogen and oxygen atoms in total. The molecular weight excluding hydrogens is 1090 g/mol. The van der Waals surface area contributed by atoms with E-state index in [0.29, 0.717) is 7.82 Å². The van der Waals surface area contributed by atoms with Crippen molar-refractivity contribution in [2.24, 2.45) is 40.9 Å². The van der Waals surface area contributed by atoms with Crippen molar-refractivity contribution in [3.8, 4) is 0 Å². The van der Waals surface area contributed by atoms with Crippen molar-refractivity contribution >= 4 is 72.1 Å². The number of hydrazine groups is 1. The normalized spacial score (nSPS) is 55.2. The van der Waals surface area contributed by atoms with Gasteiger partial charge in [0.2, 0.25) is 0 Å². The van der Waals surface area contributed by atoms with E-state index < -0.39 is 97.0 Å². The quantitative estimate of drug-likeness (QED) is 0.0320. The van der Waals surface area contributed by atoms with Crippen molar-refractivity contribution in [1.29, 1.82) is 0 Å². The van der Waals surface area contributed by atoms with E-state index in [2.05, 4.69) is 0 Å². The Morgan fingerprint density at radius 1 is 0.694 bits per heavy atom. The molecule has 0 saturated carbocycles. The van der Waals surface area contributed by atoms with Crippen LogP contribution in [0.3, 0.4) is 0 Å². The van der Waals surface area contributed by atoms with Crippen molar-refractivity contribution in [1.82, 2.24) is 12.2 Å². The molecule has 214 valence electrons. The fourth-order valence-corrected chi connectivity index (χ4v) is 29.0. The van der Waals surface area contributed by atoms with Gasteiger partial charge in [-0.3, -0.25) is 0 Å². The minimum atomic E-state index is -2.78. The first-order valence-electron chi connectivity index (χ1n) is 7.96. The summed E-state index contributed by atoms with van der Waals surface area (Å²) in [6.45, 7) is 0. The van der Waals surface area contributed by atoms with Crippen molar-refractivity contribution < 1.29 is 110 Å². The first-order valence-corrected chi connectivity index (χ1v) is 29.0. The molecule has 0 spiro atoms. The Morgan fingerprint density at radius 2 is 1.25 bits per heavy atom. The van der Waals surface area contributed by atoms with Crippen LogP contribution < -0.4 is 58.4 Å². The average Bonchev–Trinajstić information content (AvgIpc) is 3.54. The molecule has 0 aliphatic carbocycles. The van der Waals surface area contributed by atoms with Crippen molar-refractivity contribution in [3.05, 3.63) is 0 Å². The fraction of sp³-hybridized carbons (Fsp3) is 1.00. The molecule has 7 unspecified atom stereocenters. The van der Waals surface area contributed by atoms with Gasteiger partial charge in [-0.2, -0.15) is 0 Å². The van der Waals surface area contributed by atoms with E-state index in [-0.39, 0.29) is 5.34 Å². The minimum absolute atomic E-state index is 0.0577. The number of fused-ring (bicyclic) bond motifs is 5. The predicted molar refractivity (Wildman–Crippen MR) is 113 cm³/mol. The van der Waals surface area contributed by atoms with Gasteiger partial charge in [0.1, 0.15) is 0 Å². The first-order chi connectivity index (χ1) is 16.6. The molecule has 0 aromatic rings. The van der Waals surface area contributed by atoms with Crippen LogP contribution in [0.25, 0.3) is 0 Å². The van der Waals surface area contributed by atoms with E-state index >= 15 is 0 Å².